The lowest BCUT2D eigenvalue weighted by molar-refractivity contribution is 0.300. The van der Waals surface area contributed by atoms with Crippen molar-refractivity contribution >= 4 is 0 Å². The van der Waals surface area contributed by atoms with Crippen LogP contribution in [-0.2, 0) is 0 Å². The topological polar surface area (TPSA) is 56.7 Å². The van der Waals surface area contributed by atoms with Gasteiger partial charge in [0.05, 0.1) is 6.04 Å². The van der Waals surface area contributed by atoms with Crippen LogP contribution in [0.2, 0.25) is 0 Å². The van der Waals surface area contributed by atoms with Crippen molar-refractivity contribution in [3.63, 3.8) is 0 Å². The predicted molar refractivity (Wildman–Crippen MR) is 63.9 cm³/mol. The molecule has 90 valence electrons. The van der Waals surface area contributed by atoms with Crippen LogP contribution in [0.3, 0.4) is 0 Å². The number of aromatic nitrogens is 3. The summed E-state index contributed by atoms with van der Waals surface area (Å²) in [7, 11) is 0. The number of nitrogens with zero attached hydrogens (tertiary/aromatic N) is 3. The van der Waals surface area contributed by atoms with Gasteiger partial charge in [-0.15, -0.1) is 10.2 Å². The van der Waals surface area contributed by atoms with E-state index in [1.54, 1.807) is 0 Å². The highest BCUT2D eigenvalue weighted by Gasteiger charge is 2.29. The van der Waals surface area contributed by atoms with Gasteiger partial charge in [-0.2, -0.15) is 0 Å². The smallest absolute Gasteiger partial charge is 0.150 e. The standard InChI is InChI=1S/C12H22N4/c1-12(2,3)10(13)11-15-14-8-16(11)9-6-4-5-7-9/h8-10H,4-7,13H2,1-3H3/t10-/m1/s1. The molecule has 1 saturated carbocycles. The first kappa shape index (κ1) is 11.6. The Labute approximate surface area is 97.2 Å². The molecule has 0 amide bonds. The van der Waals surface area contributed by atoms with Gasteiger partial charge in [0.1, 0.15) is 6.33 Å². The third-order valence-corrected chi connectivity index (χ3v) is 3.53. The van der Waals surface area contributed by atoms with Gasteiger partial charge >= 0.3 is 0 Å². The summed E-state index contributed by atoms with van der Waals surface area (Å²) >= 11 is 0. The molecule has 0 aromatic carbocycles. The van der Waals surface area contributed by atoms with Gasteiger partial charge in [-0.1, -0.05) is 33.6 Å². The molecule has 2 rings (SSSR count). The first-order chi connectivity index (χ1) is 7.50. The van der Waals surface area contributed by atoms with Gasteiger partial charge in [-0.05, 0) is 18.3 Å². The van der Waals surface area contributed by atoms with E-state index >= 15 is 0 Å². The van der Waals surface area contributed by atoms with Crippen molar-refractivity contribution in [2.75, 3.05) is 0 Å². The van der Waals surface area contributed by atoms with E-state index in [4.69, 9.17) is 5.73 Å². The van der Waals surface area contributed by atoms with E-state index < -0.39 is 0 Å². The molecule has 0 bridgehead atoms. The van der Waals surface area contributed by atoms with Crippen LogP contribution >= 0.6 is 0 Å². The first-order valence-corrected chi connectivity index (χ1v) is 6.15. The molecule has 1 aromatic heterocycles. The molecule has 0 spiro atoms. The highest BCUT2D eigenvalue weighted by Crippen LogP contribution is 2.34. The minimum Gasteiger partial charge on any atom is -0.321 e. The average molecular weight is 222 g/mol. The zero-order valence-electron chi connectivity index (χ0n) is 10.5. The zero-order chi connectivity index (χ0) is 11.8. The molecule has 0 unspecified atom stereocenters. The van der Waals surface area contributed by atoms with E-state index in [-0.39, 0.29) is 11.5 Å². The Morgan fingerprint density at radius 1 is 1.38 bits per heavy atom. The normalized spacial score (nSPS) is 20.2. The van der Waals surface area contributed by atoms with Gasteiger partial charge in [0, 0.05) is 6.04 Å². The minimum absolute atomic E-state index is 0.0311. The highest BCUT2D eigenvalue weighted by molar-refractivity contribution is 5.01. The van der Waals surface area contributed by atoms with Crippen LogP contribution in [0.4, 0.5) is 0 Å². The molecule has 1 atom stereocenters. The summed E-state index contributed by atoms with van der Waals surface area (Å²) in [6.07, 6.45) is 6.95. The predicted octanol–water partition coefficient (Wildman–Crippen LogP) is 2.44. The number of hydrogen-bond donors (Lipinski definition) is 1. The number of hydrogen-bond acceptors (Lipinski definition) is 3. The summed E-state index contributed by atoms with van der Waals surface area (Å²) in [5.74, 6) is 0.944. The summed E-state index contributed by atoms with van der Waals surface area (Å²) in [6.45, 7) is 6.43. The van der Waals surface area contributed by atoms with E-state index in [0.29, 0.717) is 6.04 Å². The lowest BCUT2D eigenvalue weighted by Crippen LogP contribution is -2.30. The average Bonchev–Trinajstić information content (AvgIpc) is 2.85. The molecular formula is C12H22N4. The fourth-order valence-electron chi connectivity index (χ4n) is 2.33. The summed E-state index contributed by atoms with van der Waals surface area (Å²) in [5, 5.41) is 8.25. The van der Waals surface area contributed by atoms with Gasteiger partial charge in [-0.25, -0.2) is 0 Å². The zero-order valence-corrected chi connectivity index (χ0v) is 10.5. The van der Waals surface area contributed by atoms with Crippen molar-refractivity contribution in [3.8, 4) is 0 Å². The maximum atomic E-state index is 6.26. The van der Waals surface area contributed by atoms with E-state index in [1.165, 1.54) is 25.7 Å². The quantitative estimate of drug-likeness (QED) is 0.836. The van der Waals surface area contributed by atoms with Crippen LogP contribution in [0.1, 0.15) is 64.4 Å². The summed E-state index contributed by atoms with van der Waals surface area (Å²) < 4.78 is 2.20. The molecule has 0 aliphatic heterocycles. The third kappa shape index (κ3) is 2.12. The second kappa shape index (κ2) is 4.17. The minimum atomic E-state index is -0.0457. The molecule has 16 heavy (non-hydrogen) atoms. The van der Waals surface area contributed by atoms with Crippen molar-refractivity contribution in [3.05, 3.63) is 12.2 Å². The van der Waals surface area contributed by atoms with Crippen molar-refractivity contribution < 1.29 is 0 Å². The number of nitrogens with two attached hydrogens (primary N) is 1. The van der Waals surface area contributed by atoms with E-state index in [1.807, 2.05) is 6.33 Å². The maximum absolute atomic E-state index is 6.26. The Kier molecular flexibility index (Phi) is 3.02. The monoisotopic (exact) mass is 222 g/mol. The lowest BCUT2D eigenvalue weighted by atomic mass is 9.87. The number of rotatable bonds is 2. The Morgan fingerprint density at radius 3 is 2.56 bits per heavy atom. The Hall–Kier alpha value is -0.900. The Balaban J connectivity index is 2.24. The fourth-order valence-corrected chi connectivity index (χ4v) is 2.33. The van der Waals surface area contributed by atoms with Crippen molar-refractivity contribution in [1.29, 1.82) is 0 Å². The summed E-state index contributed by atoms with van der Waals surface area (Å²) in [5.41, 5.74) is 6.29. The molecule has 4 nitrogen and oxygen atoms in total. The van der Waals surface area contributed by atoms with E-state index in [0.717, 1.165) is 5.82 Å². The van der Waals surface area contributed by atoms with Crippen molar-refractivity contribution in [2.45, 2.75) is 58.5 Å². The van der Waals surface area contributed by atoms with Crippen LogP contribution in [0.15, 0.2) is 6.33 Å². The third-order valence-electron chi connectivity index (χ3n) is 3.53. The van der Waals surface area contributed by atoms with Crippen LogP contribution in [0, 0.1) is 5.41 Å². The molecule has 0 radical (unpaired) electrons. The van der Waals surface area contributed by atoms with E-state index in [9.17, 15) is 0 Å². The van der Waals surface area contributed by atoms with Crippen molar-refractivity contribution in [2.24, 2.45) is 11.1 Å². The molecule has 1 heterocycles. The Morgan fingerprint density at radius 2 is 2.00 bits per heavy atom. The van der Waals surface area contributed by atoms with Crippen molar-refractivity contribution in [1.82, 2.24) is 14.8 Å². The van der Waals surface area contributed by atoms with E-state index in [2.05, 4.69) is 35.5 Å². The largest absolute Gasteiger partial charge is 0.321 e. The first-order valence-electron chi connectivity index (χ1n) is 6.15. The van der Waals surface area contributed by atoms with Crippen LogP contribution in [0.25, 0.3) is 0 Å². The van der Waals surface area contributed by atoms with Gasteiger partial charge in [0.2, 0.25) is 0 Å². The highest BCUT2D eigenvalue weighted by atomic mass is 15.3. The molecule has 1 fully saturated rings. The van der Waals surface area contributed by atoms with Gasteiger partial charge in [-0.3, -0.25) is 0 Å². The molecule has 0 saturated heterocycles. The second-order valence-electron chi connectivity index (χ2n) is 5.88. The SMILES string of the molecule is CC(C)(C)[C@H](N)c1nncn1C1CCCC1. The lowest BCUT2D eigenvalue weighted by Gasteiger charge is -2.27. The van der Waals surface area contributed by atoms with Crippen LogP contribution < -0.4 is 5.73 Å². The summed E-state index contributed by atoms with van der Waals surface area (Å²) in [6, 6.07) is 0.522. The van der Waals surface area contributed by atoms with Gasteiger partial charge in [0.15, 0.2) is 5.82 Å². The fraction of sp³-hybridized carbons (Fsp3) is 0.833. The van der Waals surface area contributed by atoms with Crippen LogP contribution in [-0.4, -0.2) is 14.8 Å². The maximum Gasteiger partial charge on any atom is 0.150 e. The van der Waals surface area contributed by atoms with Gasteiger partial charge < -0.3 is 10.3 Å². The summed E-state index contributed by atoms with van der Waals surface area (Å²) in [4.78, 5) is 0. The molecule has 4 heteroatoms. The molecule has 1 aromatic rings. The molecule has 1 aliphatic rings. The molecule has 2 N–H and O–H groups in total. The Bertz CT molecular complexity index is 344. The van der Waals surface area contributed by atoms with Crippen LogP contribution in [0.5, 0.6) is 0 Å². The second-order valence-corrected chi connectivity index (χ2v) is 5.88. The van der Waals surface area contributed by atoms with Gasteiger partial charge in [0.25, 0.3) is 0 Å². The molecular weight excluding hydrogens is 200 g/mol. The molecule has 1 aliphatic carbocycles.